The molecule has 4 saturated carbocycles. The molecule has 4 aliphatic carbocycles. The largest absolute Gasteiger partial charge is 0.396 e. The maximum absolute atomic E-state index is 9.57. The molecule has 0 aliphatic heterocycles. The van der Waals surface area contributed by atoms with Crippen molar-refractivity contribution in [3.8, 4) is 0 Å². The van der Waals surface area contributed by atoms with E-state index in [1.54, 1.807) is 5.57 Å². The van der Waals surface area contributed by atoms with Gasteiger partial charge in [-0.2, -0.15) is 0 Å². The summed E-state index contributed by atoms with van der Waals surface area (Å²) in [5, 5.41) is 9.57. The molecule has 142 valence electrons. The summed E-state index contributed by atoms with van der Waals surface area (Å²) in [4.78, 5) is 0. The average Bonchev–Trinajstić information content (AvgIpc) is 2.98. The van der Waals surface area contributed by atoms with Crippen molar-refractivity contribution in [1.82, 2.24) is 0 Å². The van der Waals surface area contributed by atoms with Crippen molar-refractivity contribution in [2.75, 3.05) is 6.61 Å². The highest BCUT2D eigenvalue weighted by Gasteiger charge is 2.55. The molecule has 0 heterocycles. The van der Waals surface area contributed by atoms with Gasteiger partial charge in [-0.25, -0.2) is 0 Å². The van der Waals surface area contributed by atoms with Gasteiger partial charge in [0.1, 0.15) is 0 Å². The number of hydrogen-bond acceptors (Lipinski definition) is 1. The van der Waals surface area contributed by atoms with Crippen molar-refractivity contribution in [2.24, 2.45) is 40.4 Å². The van der Waals surface area contributed by atoms with Gasteiger partial charge in [0.05, 0.1) is 0 Å². The van der Waals surface area contributed by atoms with E-state index in [-0.39, 0.29) is 0 Å². The number of aliphatic hydroxyl groups is 1. The van der Waals surface area contributed by atoms with Gasteiger partial charge < -0.3 is 5.11 Å². The smallest absolute Gasteiger partial charge is 0.0436 e. The van der Waals surface area contributed by atoms with E-state index < -0.39 is 0 Å². The zero-order valence-electron chi connectivity index (χ0n) is 16.9. The summed E-state index contributed by atoms with van der Waals surface area (Å²) < 4.78 is 0. The number of allylic oxidation sites excluding steroid dienone is 2. The van der Waals surface area contributed by atoms with Gasteiger partial charge in [-0.15, -0.1) is 0 Å². The monoisotopic (exact) mass is 344 g/mol. The van der Waals surface area contributed by atoms with Crippen LogP contribution in [0.2, 0.25) is 0 Å². The van der Waals surface area contributed by atoms with Crippen LogP contribution in [-0.2, 0) is 0 Å². The Kier molecular flexibility index (Phi) is 4.84. The summed E-state index contributed by atoms with van der Waals surface area (Å²) in [6, 6.07) is 0. The molecular formula is C24H40O. The normalized spacial score (nSPS) is 51.0. The summed E-state index contributed by atoms with van der Waals surface area (Å²) >= 11 is 0. The van der Waals surface area contributed by atoms with Gasteiger partial charge in [0.15, 0.2) is 0 Å². The number of aliphatic hydroxyl groups excluding tert-OH is 1. The lowest BCUT2D eigenvalue weighted by Gasteiger charge is -2.57. The second-order valence-corrected chi connectivity index (χ2v) is 10.3. The highest BCUT2D eigenvalue weighted by Crippen LogP contribution is 2.65. The predicted octanol–water partition coefficient (Wildman–Crippen LogP) is 6.36. The Hall–Kier alpha value is -0.300. The van der Waals surface area contributed by atoms with Gasteiger partial charge in [-0.1, -0.05) is 31.9 Å². The van der Waals surface area contributed by atoms with Gasteiger partial charge in [0.2, 0.25) is 0 Å². The molecule has 1 heteroatoms. The SMILES string of the molecule is C/C=C1\CC[C@H]2[C@@H]3CC[C@@H]4CC(CC)(CCO)CC[C@@H]4[C@H]3CC[C@]12C. The fraction of sp³-hybridized carbons (Fsp3) is 0.917. The summed E-state index contributed by atoms with van der Waals surface area (Å²) in [5.41, 5.74) is 2.80. The van der Waals surface area contributed by atoms with Gasteiger partial charge in [0.25, 0.3) is 0 Å². The third kappa shape index (κ3) is 2.75. The minimum absolute atomic E-state index is 0.393. The first-order valence-electron chi connectivity index (χ1n) is 11.3. The van der Waals surface area contributed by atoms with E-state index in [9.17, 15) is 5.11 Å². The van der Waals surface area contributed by atoms with E-state index >= 15 is 0 Å². The molecule has 4 aliphatic rings. The average molecular weight is 345 g/mol. The van der Waals surface area contributed by atoms with E-state index in [1.165, 1.54) is 64.2 Å². The summed E-state index contributed by atoms with van der Waals surface area (Å²) in [6.07, 6.45) is 17.8. The molecule has 0 saturated heterocycles. The van der Waals surface area contributed by atoms with Crippen molar-refractivity contribution in [3.05, 3.63) is 11.6 Å². The molecule has 1 nitrogen and oxygen atoms in total. The molecule has 25 heavy (non-hydrogen) atoms. The first kappa shape index (κ1) is 18.1. The Bertz CT molecular complexity index is 522. The Labute approximate surface area is 155 Å². The molecule has 0 radical (unpaired) electrons. The van der Waals surface area contributed by atoms with Crippen LogP contribution >= 0.6 is 0 Å². The van der Waals surface area contributed by atoms with Crippen molar-refractivity contribution in [3.63, 3.8) is 0 Å². The van der Waals surface area contributed by atoms with Crippen molar-refractivity contribution in [2.45, 2.75) is 91.4 Å². The van der Waals surface area contributed by atoms with Gasteiger partial charge in [-0.05, 0) is 112 Å². The number of fused-ring (bicyclic) bond motifs is 5. The van der Waals surface area contributed by atoms with Crippen LogP contribution in [0.15, 0.2) is 11.6 Å². The van der Waals surface area contributed by atoms with E-state index in [1.807, 2.05) is 0 Å². The van der Waals surface area contributed by atoms with Gasteiger partial charge >= 0.3 is 0 Å². The van der Waals surface area contributed by atoms with Crippen molar-refractivity contribution >= 4 is 0 Å². The highest BCUT2D eigenvalue weighted by atomic mass is 16.3. The van der Waals surface area contributed by atoms with Crippen molar-refractivity contribution in [1.29, 1.82) is 0 Å². The molecule has 0 bridgehead atoms. The molecule has 0 aromatic rings. The third-order valence-corrected chi connectivity index (χ3v) is 9.81. The molecule has 1 N–H and O–H groups in total. The molecule has 7 atom stereocenters. The summed E-state index contributed by atoms with van der Waals surface area (Å²) in [6.45, 7) is 7.64. The fourth-order valence-corrected chi connectivity index (χ4v) is 8.35. The zero-order chi connectivity index (χ0) is 17.7. The van der Waals surface area contributed by atoms with Crippen LogP contribution < -0.4 is 0 Å². The van der Waals surface area contributed by atoms with E-state index in [0.29, 0.717) is 17.4 Å². The molecule has 0 aromatic heterocycles. The van der Waals surface area contributed by atoms with Crippen LogP contribution in [0.1, 0.15) is 91.4 Å². The molecule has 4 fully saturated rings. The number of hydrogen-bond donors (Lipinski definition) is 1. The fourth-order valence-electron chi connectivity index (χ4n) is 8.35. The Morgan fingerprint density at radius 2 is 1.84 bits per heavy atom. The maximum Gasteiger partial charge on any atom is 0.0436 e. The second kappa shape index (κ2) is 6.70. The van der Waals surface area contributed by atoms with Crippen LogP contribution in [0.25, 0.3) is 0 Å². The Balaban J connectivity index is 1.52. The zero-order valence-corrected chi connectivity index (χ0v) is 16.9. The minimum atomic E-state index is 0.393. The molecule has 4 rings (SSSR count). The van der Waals surface area contributed by atoms with Crippen molar-refractivity contribution < 1.29 is 5.11 Å². The maximum atomic E-state index is 9.57. The van der Waals surface area contributed by atoms with Gasteiger partial charge in [-0.3, -0.25) is 0 Å². The standard InChI is InChI=1S/C24H40O/c1-4-18-7-9-22-21-8-6-17-16-24(5-2,14-15-25)13-11-19(17)20(21)10-12-23(18,22)3/h4,17,19-22,25H,5-16H2,1-3H3/b18-4+/t17-,19+,20-,21-,22+,23-,24?/m1/s1. The van der Waals surface area contributed by atoms with E-state index in [2.05, 4.69) is 26.8 Å². The Morgan fingerprint density at radius 3 is 2.56 bits per heavy atom. The molecule has 0 spiro atoms. The van der Waals surface area contributed by atoms with Crippen LogP contribution in [0.4, 0.5) is 0 Å². The lowest BCUT2D eigenvalue weighted by Crippen LogP contribution is -2.49. The first-order chi connectivity index (χ1) is 12.1. The summed E-state index contributed by atoms with van der Waals surface area (Å²) in [7, 11) is 0. The van der Waals surface area contributed by atoms with Crippen LogP contribution in [0, 0.1) is 40.4 Å². The topological polar surface area (TPSA) is 20.2 Å². The van der Waals surface area contributed by atoms with Crippen LogP contribution in [0.5, 0.6) is 0 Å². The lowest BCUT2D eigenvalue weighted by molar-refractivity contribution is -0.0687. The minimum Gasteiger partial charge on any atom is -0.396 e. The van der Waals surface area contributed by atoms with E-state index in [0.717, 1.165) is 36.0 Å². The lowest BCUT2D eigenvalue weighted by atomic mass is 9.48. The highest BCUT2D eigenvalue weighted by molar-refractivity contribution is 5.23. The van der Waals surface area contributed by atoms with E-state index in [4.69, 9.17) is 0 Å². The molecule has 0 amide bonds. The van der Waals surface area contributed by atoms with Crippen LogP contribution in [-0.4, -0.2) is 11.7 Å². The predicted molar refractivity (Wildman–Crippen MR) is 105 cm³/mol. The second-order valence-electron chi connectivity index (χ2n) is 10.3. The Morgan fingerprint density at radius 1 is 1.04 bits per heavy atom. The number of rotatable bonds is 3. The molecule has 1 unspecified atom stereocenters. The van der Waals surface area contributed by atoms with Crippen LogP contribution in [0.3, 0.4) is 0 Å². The van der Waals surface area contributed by atoms with Gasteiger partial charge in [0, 0.05) is 6.61 Å². The first-order valence-corrected chi connectivity index (χ1v) is 11.3. The summed E-state index contributed by atoms with van der Waals surface area (Å²) in [5.74, 6) is 5.00. The molecule has 0 aromatic carbocycles. The quantitative estimate of drug-likeness (QED) is 0.590. The molecular weight excluding hydrogens is 304 g/mol. The third-order valence-electron chi connectivity index (χ3n) is 9.81.